The molecule has 2 aromatic rings. The SMILES string of the molecule is CC(C)Cc1ccc(C(C)C(=O)Nc2ccccc2C(=O)N2CCOCC2)cc1. The zero-order chi connectivity index (χ0) is 20.8. The number of nitrogens with zero attached hydrogens (tertiary/aromatic N) is 1. The smallest absolute Gasteiger partial charge is 0.256 e. The van der Waals surface area contributed by atoms with Crippen molar-refractivity contribution in [3.05, 3.63) is 65.2 Å². The molecule has 3 rings (SSSR count). The Bertz CT molecular complexity index is 839. The molecule has 0 bridgehead atoms. The van der Waals surface area contributed by atoms with Crippen LogP contribution in [0.15, 0.2) is 48.5 Å². The van der Waals surface area contributed by atoms with E-state index in [0.717, 1.165) is 12.0 Å². The van der Waals surface area contributed by atoms with Crippen molar-refractivity contribution in [1.29, 1.82) is 0 Å². The number of carbonyl (C=O) groups is 2. The zero-order valence-corrected chi connectivity index (χ0v) is 17.5. The Morgan fingerprint density at radius 2 is 1.66 bits per heavy atom. The number of benzene rings is 2. The van der Waals surface area contributed by atoms with E-state index in [1.807, 2.05) is 31.2 Å². The van der Waals surface area contributed by atoms with Crippen LogP contribution in [0.3, 0.4) is 0 Å². The van der Waals surface area contributed by atoms with Gasteiger partial charge in [-0.15, -0.1) is 0 Å². The molecule has 154 valence electrons. The Hall–Kier alpha value is -2.66. The van der Waals surface area contributed by atoms with Crippen molar-refractivity contribution in [1.82, 2.24) is 4.90 Å². The molecule has 1 heterocycles. The van der Waals surface area contributed by atoms with Gasteiger partial charge in [-0.3, -0.25) is 9.59 Å². The first-order valence-electron chi connectivity index (χ1n) is 10.3. The summed E-state index contributed by atoms with van der Waals surface area (Å²) in [6.07, 6.45) is 1.03. The number of ether oxygens (including phenoxy) is 1. The van der Waals surface area contributed by atoms with Gasteiger partial charge in [0.15, 0.2) is 0 Å². The summed E-state index contributed by atoms with van der Waals surface area (Å²) in [5.74, 6) is 0.0930. The van der Waals surface area contributed by atoms with E-state index in [1.165, 1.54) is 5.56 Å². The van der Waals surface area contributed by atoms with Crippen molar-refractivity contribution in [3.63, 3.8) is 0 Å². The van der Waals surface area contributed by atoms with Crippen LogP contribution in [0.1, 0.15) is 48.2 Å². The number of morpholine rings is 1. The lowest BCUT2D eigenvalue weighted by Crippen LogP contribution is -2.41. The summed E-state index contributed by atoms with van der Waals surface area (Å²) < 4.78 is 5.33. The monoisotopic (exact) mass is 394 g/mol. The first-order chi connectivity index (χ1) is 14.0. The summed E-state index contributed by atoms with van der Waals surface area (Å²) in [5, 5.41) is 2.96. The maximum Gasteiger partial charge on any atom is 0.256 e. The molecule has 1 saturated heterocycles. The average molecular weight is 395 g/mol. The highest BCUT2D eigenvalue weighted by Gasteiger charge is 2.23. The highest BCUT2D eigenvalue weighted by molar-refractivity contribution is 6.05. The molecule has 0 spiro atoms. The lowest BCUT2D eigenvalue weighted by Gasteiger charge is -2.27. The lowest BCUT2D eigenvalue weighted by atomic mass is 9.96. The Balaban J connectivity index is 1.71. The van der Waals surface area contributed by atoms with Gasteiger partial charge in [0.2, 0.25) is 5.91 Å². The van der Waals surface area contributed by atoms with Crippen molar-refractivity contribution in [2.75, 3.05) is 31.6 Å². The zero-order valence-electron chi connectivity index (χ0n) is 17.5. The second-order valence-electron chi connectivity index (χ2n) is 8.00. The molecular formula is C24H30N2O3. The fraction of sp³-hybridized carbons (Fsp3) is 0.417. The summed E-state index contributed by atoms with van der Waals surface area (Å²) in [6, 6.07) is 15.4. The minimum absolute atomic E-state index is 0.0742. The van der Waals surface area contributed by atoms with Crippen LogP contribution in [0, 0.1) is 5.92 Å². The average Bonchev–Trinajstić information content (AvgIpc) is 2.74. The third-order valence-corrected chi connectivity index (χ3v) is 5.23. The molecule has 0 aromatic heterocycles. The molecule has 0 saturated carbocycles. The lowest BCUT2D eigenvalue weighted by molar-refractivity contribution is -0.117. The van der Waals surface area contributed by atoms with E-state index >= 15 is 0 Å². The van der Waals surface area contributed by atoms with Gasteiger partial charge in [0.05, 0.1) is 30.4 Å². The molecular weight excluding hydrogens is 364 g/mol. The fourth-order valence-electron chi connectivity index (χ4n) is 3.52. The minimum Gasteiger partial charge on any atom is -0.378 e. The minimum atomic E-state index is -0.311. The van der Waals surface area contributed by atoms with Gasteiger partial charge in [-0.1, -0.05) is 50.2 Å². The molecule has 1 aliphatic rings. The maximum absolute atomic E-state index is 12.9. The van der Waals surface area contributed by atoms with Crippen LogP contribution in [0.4, 0.5) is 5.69 Å². The highest BCUT2D eigenvalue weighted by atomic mass is 16.5. The topological polar surface area (TPSA) is 58.6 Å². The molecule has 1 atom stereocenters. The van der Waals surface area contributed by atoms with E-state index in [0.29, 0.717) is 43.5 Å². The maximum atomic E-state index is 12.9. The predicted octanol–water partition coefficient (Wildman–Crippen LogP) is 4.10. The molecule has 5 heteroatoms. The van der Waals surface area contributed by atoms with Crippen molar-refractivity contribution in [2.45, 2.75) is 33.1 Å². The van der Waals surface area contributed by atoms with E-state index in [-0.39, 0.29) is 17.7 Å². The molecule has 2 amide bonds. The molecule has 0 aliphatic carbocycles. The highest BCUT2D eigenvalue weighted by Crippen LogP contribution is 2.23. The number of carbonyl (C=O) groups excluding carboxylic acids is 2. The summed E-state index contributed by atoms with van der Waals surface area (Å²) in [5.41, 5.74) is 3.31. The summed E-state index contributed by atoms with van der Waals surface area (Å²) >= 11 is 0. The second-order valence-corrected chi connectivity index (χ2v) is 8.00. The molecule has 5 nitrogen and oxygen atoms in total. The second kappa shape index (κ2) is 9.70. The fourth-order valence-corrected chi connectivity index (χ4v) is 3.52. The van der Waals surface area contributed by atoms with Crippen molar-refractivity contribution >= 4 is 17.5 Å². The summed E-state index contributed by atoms with van der Waals surface area (Å²) in [7, 11) is 0. The Morgan fingerprint density at radius 1 is 1.00 bits per heavy atom. The van der Waals surface area contributed by atoms with Crippen LogP contribution in [0.5, 0.6) is 0 Å². The van der Waals surface area contributed by atoms with Crippen molar-refractivity contribution < 1.29 is 14.3 Å². The van der Waals surface area contributed by atoms with E-state index in [2.05, 4.69) is 31.3 Å². The number of amides is 2. The molecule has 29 heavy (non-hydrogen) atoms. The third kappa shape index (κ3) is 5.45. The largest absolute Gasteiger partial charge is 0.378 e. The quantitative estimate of drug-likeness (QED) is 0.802. The number of anilines is 1. The normalized spacial score (nSPS) is 15.2. The molecule has 1 N–H and O–H groups in total. The van der Waals surface area contributed by atoms with E-state index < -0.39 is 0 Å². The van der Waals surface area contributed by atoms with Crippen LogP contribution >= 0.6 is 0 Å². The Labute approximate surface area is 173 Å². The van der Waals surface area contributed by atoms with Crippen molar-refractivity contribution in [3.8, 4) is 0 Å². The van der Waals surface area contributed by atoms with Gasteiger partial charge in [0.25, 0.3) is 5.91 Å². The standard InChI is InChI=1S/C24H30N2O3/c1-17(2)16-19-8-10-20(11-9-19)18(3)23(27)25-22-7-5-4-6-21(22)24(28)26-12-14-29-15-13-26/h4-11,17-18H,12-16H2,1-3H3,(H,25,27). The first-order valence-corrected chi connectivity index (χ1v) is 10.3. The molecule has 0 radical (unpaired) electrons. The van der Waals surface area contributed by atoms with E-state index in [1.54, 1.807) is 17.0 Å². The van der Waals surface area contributed by atoms with Gasteiger partial charge < -0.3 is 15.0 Å². The third-order valence-electron chi connectivity index (χ3n) is 5.23. The van der Waals surface area contributed by atoms with Gasteiger partial charge in [-0.25, -0.2) is 0 Å². The molecule has 1 unspecified atom stereocenters. The number of nitrogens with one attached hydrogen (secondary N) is 1. The van der Waals surface area contributed by atoms with Gasteiger partial charge in [0.1, 0.15) is 0 Å². The summed E-state index contributed by atoms with van der Waals surface area (Å²) in [6.45, 7) is 8.51. The number of hydrogen-bond acceptors (Lipinski definition) is 3. The van der Waals surface area contributed by atoms with Crippen LogP contribution in [-0.4, -0.2) is 43.0 Å². The molecule has 1 aliphatic heterocycles. The van der Waals surface area contributed by atoms with Crippen LogP contribution in [0.2, 0.25) is 0 Å². The van der Waals surface area contributed by atoms with E-state index in [9.17, 15) is 9.59 Å². The van der Waals surface area contributed by atoms with Crippen LogP contribution < -0.4 is 5.32 Å². The molecule has 2 aromatic carbocycles. The Kier molecular flexibility index (Phi) is 7.04. The predicted molar refractivity (Wildman–Crippen MR) is 115 cm³/mol. The number of hydrogen-bond donors (Lipinski definition) is 1. The molecule has 1 fully saturated rings. The number of rotatable bonds is 6. The van der Waals surface area contributed by atoms with Crippen molar-refractivity contribution in [2.24, 2.45) is 5.92 Å². The van der Waals surface area contributed by atoms with Crippen LogP contribution in [-0.2, 0) is 16.0 Å². The van der Waals surface area contributed by atoms with Gasteiger partial charge in [-0.2, -0.15) is 0 Å². The Morgan fingerprint density at radius 3 is 2.31 bits per heavy atom. The summed E-state index contributed by atoms with van der Waals surface area (Å²) in [4.78, 5) is 27.5. The van der Waals surface area contributed by atoms with Gasteiger partial charge in [0, 0.05) is 13.1 Å². The van der Waals surface area contributed by atoms with E-state index in [4.69, 9.17) is 4.74 Å². The van der Waals surface area contributed by atoms with Crippen LogP contribution in [0.25, 0.3) is 0 Å². The van der Waals surface area contributed by atoms with Gasteiger partial charge in [-0.05, 0) is 42.5 Å². The number of para-hydroxylation sites is 1. The van der Waals surface area contributed by atoms with Gasteiger partial charge >= 0.3 is 0 Å². The first kappa shape index (κ1) is 21.1.